The molecule has 0 radical (unpaired) electrons. The molecule has 3 rings (SSSR count). The zero-order valence-corrected chi connectivity index (χ0v) is 13.5. The summed E-state index contributed by atoms with van der Waals surface area (Å²) < 4.78 is 0. The van der Waals surface area contributed by atoms with Crippen molar-refractivity contribution in [1.29, 1.82) is 0 Å². The van der Waals surface area contributed by atoms with Gasteiger partial charge in [0.15, 0.2) is 5.69 Å². The molecule has 0 atom stereocenters. The fourth-order valence-electron chi connectivity index (χ4n) is 2.38. The summed E-state index contributed by atoms with van der Waals surface area (Å²) in [5.41, 5.74) is 3.96. The third kappa shape index (κ3) is 2.67. The molecule has 0 spiro atoms. The first-order chi connectivity index (χ1) is 10.5. The van der Waals surface area contributed by atoms with Crippen molar-refractivity contribution in [2.75, 3.05) is 0 Å². The number of nitrogens with zero attached hydrogens (tertiary/aromatic N) is 2. The number of H-pyrrole nitrogens is 1. The standard InChI is InChI=1S/C16H13Cl2N3O/c1-8-5-9(2)14-11(6-8)15(16(22)19-14)21-20-10-3-4-12(17)13(18)7-10/h3-7,19,22H,1-2H3. The molecule has 0 amide bonds. The van der Waals surface area contributed by atoms with Gasteiger partial charge in [-0.05, 0) is 43.7 Å². The van der Waals surface area contributed by atoms with Gasteiger partial charge < -0.3 is 10.1 Å². The van der Waals surface area contributed by atoms with Gasteiger partial charge in [-0.25, -0.2) is 0 Å². The summed E-state index contributed by atoms with van der Waals surface area (Å²) in [6.07, 6.45) is 0. The van der Waals surface area contributed by atoms with Crippen molar-refractivity contribution in [1.82, 2.24) is 4.98 Å². The number of aromatic hydroxyl groups is 1. The van der Waals surface area contributed by atoms with Crippen LogP contribution >= 0.6 is 23.2 Å². The molecule has 0 aliphatic rings. The van der Waals surface area contributed by atoms with E-state index < -0.39 is 0 Å². The lowest BCUT2D eigenvalue weighted by Crippen LogP contribution is -1.78. The zero-order valence-electron chi connectivity index (χ0n) is 12.0. The number of aromatic nitrogens is 1. The molecular weight excluding hydrogens is 321 g/mol. The van der Waals surface area contributed by atoms with Gasteiger partial charge in [-0.2, -0.15) is 5.11 Å². The molecule has 4 nitrogen and oxygen atoms in total. The molecule has 0 saturated carbocycles. The van der Waals surface area contributed by atoms with Crippen LogP contribution in [0.4, 0.5) is 11.4 Å². The maximum atomic E-state index is 10.1. The second-order valence-electron chi connectivity index (χ2n) is 5.13. The van der Waals surface area contributed by atoms with E-state index in [9.17, 15) is 5.11 Å². The van der Waals surface area contributed by atoms with Crippen LogP contribution in [0.2, 0.25) is 10.0 Å². The summed E-state index contributed by atoms with van der Waals surface area (Å²) in [4.78, 5) is 2.93. The summed E-state index contributed by atoms with van der Waals surface area (Å²) in [5, 5.41) is 20.1. The van der Waals surface area contributed by atoms with E-state index >= 15 is 0 Å². The monoisotopic (exact) mass is 333 g/mol. The van der Waals surface area contributed by atoms with Crippen LogP contribution in [-0.2, 0) is 0 Å². The summed E-state index contributed by atoms with van der Waals surface area (Å²) in [5.74, 6) is -0.00693. The van der Waals surface area contributed by atoms with Gasteiger partial charge in [-0.1, -0.05) is 34.8 Å². The summed E-state index contributed by atoms with van der Waals surface area (Å²) in [7, 11) is 0. The number of hydrogen-bond donors (Lipinski definition) is 2. The second kappa shape index (κ2) is 5.63. The number of aromatic amines is 1. The number of azo groups is 1. The molecule has 0 fully saturated rings. The molecule has 1 heterocycles. The van der Waals surface area contributed by atoms with E-state index in [1.807, 2.05) is 26.0 Å². The minimum absolute atomic E-state index is 0.00693. The molecule has 1 aromatic heterocycles. The highest BCUT2D eigenvalue weighted by Crippen LogP contribution is 2.38. The molecule has 3 aromatic rings. The molecule has 0 bridgehead atoms. The van der Waals surface area contributed by atoms with Crippen LogP contribution in [0.15, 0.2) is 40.6 Å². The van der Waals surface area contributed by atoms with Gasteiger partial charge in [0.1, 0.15) is 0 Å². The predicted molar refractivity (Wildman–Crippen MR) is 90.1 cm³/mol. The Morgan fingerprint density at radius 2 is 1.77 bits per heavy atom. The second-order valence-corrected chi connectivity index (χ2v) is 5.94. The summed E-state index contributed by atoms with van der Waals surface area (Å²) in [6.45, 7) is 3.97. The van der Waals surface area contributed by atoms with Gasteiger partial charge in [0.2, 0.25) is 5.88 Å². The van der Waals surface area contributed by atoms with Crippen molar-refractivity contribution in [2.24, 2.45) is 10.2 Å². The Balaban J connectivity index is 2.08. The van der Waals surface area contributed by atoms with Crippen LogP contribution in [0.5, 0.6) is 5.88 Å². The van der Waals surface area contributed by atoms with Crippen LogP contribution in [0.3, 0.4) is 0 Å². The number of hydrogen-bond acceptors (Lipinski definition) is 3. The highest BCUT2D eigenvalue weighted by Gasteiger charge is 2.12. The maximum Gasteiger partial charge on any atom is 0.218 e. The van der Waals surface area contributed by atoms with Crippen LogP contribution < -0.4 is 0 Å². The fourth-order valence-corrected chi connectivity index (χ4v) is 2.67. The first-order valence-electron chi connectivity index (χ1n) is 6.64. The number of halogens is 2. The smallest absolute Gasteiger partial charge is 0.218 e. The number of benzene rings is 2. The van der Waals surface area contributed by atoms with Crippen molar-refractivity contribution < 1.29 is 5.11 Å². The summed E-state index contributed by atoms with van der Waals surface area (Å²) in [6, 6.07) is 8.98. The largest absolute Gasteiger partial charge is 0.493 e. The topological polar surface area (TPSA) is 60.7 Å². The quantitative estimate of drug-likeness (QED) is 0.538. The first-order valence-corrected chi connectivity index (χ1v) is 7.40. The Morgan fingerprint density at radius 1 is 1.00 bits per heavy atom. The van der Waals surface area contributed by atoms with Crippen LogP contribution in [0, 0.1) is 13.8 Å². The lowest BCUT2D eigenvalue weighted by molar-refractivity contribution is 0.459. The van der Waals surface area contributed by atoms with E-state index in [1.165, 1.54) is 0 Å². The van der Waals surface area contributed by atoms with Crippen LogP contribution in [-0.4, -0.2) is 10.1 Å². The van der Waals surface area contributed by atoms with Crippen molar-refractivity contribution in [3.63, 3.8) is 0 Å². The molecule has 6 heteroatoms. The third-order valence-corrected chi connectivity index (χ3v) is 4.11. The highest BCUT2D eigenvalue weighted by molar-refractivity contribution is 6.42. The normalized spacial score (nSPS) is 11.6. The molecule has 112 valence electrons. The van der Waals surface area contributed by atoms with E-state index in [2.05, 4.69) is 15.2 Å². The van der Waals surface area contributed by atoms with E-state index in [-0.39, 0.29) is 5.88 Å². The zero-order chi connectivity index (χ0) is 15.9. The van der Waals surface area contributed by atoms with E-state index in [1.54, 1.807) is 18.2 Å². The molecule has 2 N–H and O–H groups in total. The average molecular weight is 334 g/mol. The third-order valence-electron chi connectivity index (χ3n) is 3.37. The van der Waals surface area contributed by atoms with Crippen molar-refractivity contribution >= 4 is 45.5 Å². The van der Waals surface area contributed by atoms with Crippen LogP contribution in [0.1, 0.15) is 11.1 Å². The Kier molecular flexibility index (Phi) is 3.81. The average Bonchev–Trinajstić information content (AvgIpc) is 2.77. The van der Waals surface area contributed by atoms with E-state index in [4.69, 9.17) is 23.2 Å². The van der Waals surface area contributed by atoms with Gasteiger partial charge in [-0.15, -0.1) is 5.11 Å². The Labute approximate surface area is 137 Å². The molecule has 22 heavy (non-hydrogen) atoms. The fraction of sp³-hybridized carbons (Fsp3) is 0.125. The van der Waals surface area contributed by atoms with E-state index in [0.717, 1.165) is 22.0 Å². The Hall–Kier alpha value is -2.04. The van der Waals surface area contributed by atoms with E-state index in [0.29, 0.717) is 21.4 Å². The number of nitrogens with one attached hydrogen (secondary N) is 1. The number of rotatable bonds is 2. The van der Waals surface area contributed by atoms with Gasteiger partial charge in [0.25, 0.3) is 0 Å². The molecule has 2 aromatic carbocycles. The molecule has 0 aliphatic heterocycles. The van der Waals surface area contributed by atoms with Crippen molar-refractivity contribution in [3.8, 4) is 5.88 Å². The van der Waals surface area contributed by atoms with Gasteiger partial charge in [0, 0.05) is 5.39 Å². The minimum Gasteiger partial charge on any atom is -0.493 e. The molecule has 0 unspecified atom stereocenters. The minimum atomic E-state index is -0.00693. The SMILES string of the molecule is Cc1cc(C)c2[nH]c(O)c(N=Nc3ccc(Cl)c(Cl)c3)c2c1. The molecule has 0 saturated heterocycles. The van der Waals surface area contributed by atoms with Crippen molar-refractivity contribution in [2.45, 2.75) is 13.8 Å². The Morgan fingerprint density at radius 3 is 2.50 bits per heavy atom. The number of fused-ring (bicyclic) bond motifs is 1. The van der Waals surface area contributed by atoms with Crippen LogP contribution in [0.25, 0.3) is 10.9 Å². The van der Waals surface area contributed by atoms with Gasteiger partial charge >= 0.3 is 0 Å². The molecule has 0 aliphatic carbocycles. The highest BCUT2D eigenvalue weighted by atomic mass is 35.5. The van der Waals surface area contributed by atoms with Gasteiger partial charge in [-0.3, -0.25) is 0 Å². The maximum absolute atomic E-state index is 10.1. The lowest BCUT2D eigenvalue weighted by Gasteiger charge is -1.99. The van der Waals surface area contributed by atoms with Gasteiger partial charge in [0.05, 0.1) is 21.2 Å². The van der Waals surface area contributed by atoms with Crippen molar-refractivity contribution in [3.05, 3.63) is 51.5 Å². The predicted octanol–water partition coefficient (Wildman–Crippen LogP) is 6.21. The number of aryl methyl sites for hydroxylation is 2. The molecular formula is C16H13Cl2N3O. The first kappa shape index (κ1) is 14.9. The lowest BCUT2D eigenvalue weighted by atomic mass is 10.1. The Bertz CT molecular complexity index is 900. The summed E-state index contributed by atoms with van der Waals surface area (Å²) >= 11 is 11.8.